The third-order valence-electron chi connectivity index (χ3n) is 7.16. The van der Waals surface area contributed by atoms with E-state index >= 15 is 4.39 Å². The van der Waals surface area contributed by atoms with E-state index in [0.717, 1.165) is 17.7 Å². The third-order valence-corrected chi connectivity index (χ3v) is 7.16. The number of carbonyl (C=O) groups excluding carboxylic acids is 4. The lowest BCUT2D eigenvalue weighted by atomic mass is 10.0. The van der Waals surface area contributed by atoms with Gasteiger partial charge in [-0.2, -0.15) is 0 Å². The number of imidazole rings is 1. The second-order valence-electron chi connectivity index (χ2n) is 13.0. The fourth-order valence-electron chi connectivity index (χ4n) is 4.90. The predicted molar refractivity (Wildman–Crippen MR) is 175 cm³/mol. The highest BCUT2D eigenvalue weighted by molar-refractivity contribution is 5.90. The van der Waals surface area contributed by atoms with E-state index in [2.05, 4.69) is 15.0 Å². The predicted octanol–water partition coefficient (Wildman–Crippen LogP) is 4.77. The Labute approximate surface area is 277 Å². The standard InChI is InChI=1S/C34H43F2N5O7/c1-20(2)16-22-29(36)23(35)18-25-30(22)38-27(41(25)33(46)48-34(3,4)5)19-40-15-11-12-21(31(40)44)17-26(42)24(37-32(45)47-8)13-9-10-14-28(43)39(6)7/h10-12,14-15,18,20,24H,9,13,16-17,19H2,1-8H3,(H,37,45)/b14-10+/t24-/m0/s1. The maximum Gasteiger partial charge on any atom is 0.420 e. The van der Waals surface area contributed by atoms with E-state index in [-0.39, 0.29) is 72.0 Å². The van der Waals surface area contributed by atoms with Crippen LogP contribution in [0.4, 0.5) is 18.4 Å². The molecule has 0 saturated heterocycles. The molecule has 3 aromatic rings. The minimum atomic E-state index is -1.15. The Morgan fingerprint density at radius 2 is 1.83 bits per heavy atom. The van der Waals surface area contributed by atoms with E-state index in [1.165, 1.54) is 33.9 Å². The van der Waals surface area contributed by atoms with Gasteiger partial charge in [0, 0.05) is 43.9 Å². The van der Waals surface area contributed by atoms with Gasteiger partial charge in [0.05, 0.1) is 30.7 Å². The number of aromatic nitrogens is 3. The van der Waals surface area contributed by atoms with Crippen molar-refractivity contribution in [2.75, 3.05) is 21.2 Å². The summed E-state index contributed by atoms with van der Waals surface area (Å²) in [7, 11) is 4.35. The maximum absolute atomic E-state index is 15.0. The second-order valence-corrected chi connectivity index (χ2v) is 13.0. The van der Waals surface area contributed by atoms with Gasteiger partial charge < -0.3 is 24.3 Å². The van der Waals surface area contributed by atoms with Crippen LogP contribution in [-0.4, -0.2) is 75.7 Å². The lowest BCUT2D eigenvalue weighted by Crippen LogP contribution is -2.42. The smallest absolute Gasteiger partial charge is 0.420 e. The summed E-state index contributed by atoms with van der Waals surface area (Å²) in [5.74, 6) is -3.01. The molecule has 0 spiro atoms. The topological polar surface area (TPSA) is 142 Å². The van der Waals surface area contributed by atoms with Gasteiger partial charge >= 0.3 is 12.2 Å². The summed E-state index contributed by atoms with van der Waals surface area (Å²) in [5.41, 5.74) is -1.36. The molecule has 0 aliphatic rings. The van der Waals surface area contributed by atoms with Crippen molar-refractivity contribution in [3.05, 3.63) is 75.5 Å². The third kappa shape index (κ3) is 9.58. The number of nitrogens with one attached hydrogen (secondary N) is 1. The number of benzene rings is 1. The van der Waals surface area contributed by atoms with Crippen LogP contribution < -0.4 is 10.9 Å². The number of alkyl carbamates (subject to hydrolysis) is 1. The number of Topliss-reactive ketones (excluding diaryl/α,β-unsaturated/α-hetero) is 1. The number of hydrogen-bond acceptors (Lipinski definition) is 8. The molecule has 0 unspecified atom stereocenters. The van der Waals surface area contributed by atoms with Crippen LogP contribution in [0, 0.1) is 17.6 Å². The molecule has 0 aliphatic carbocycles. The number of halogens is 2. The molecule has 0 fully saturated rings. The minimum absolute atomic E-state index is 0.000302. The van der Waals surface area contributed by atoms with Gasteiger partial charge in [-0.15, -0.1) is 0 Å². The van der Waals surface area contributed by atoms with Gasteiger partial charge in [0.1, 0.15) is 11.4 Å². The van der Waals surface area contributed by atoms with Crippen molar-refractivity contribution >= 4 is 34.9 Å². The number of fused-ring (bicyclic) bond motifs is 1. The first-order valence-electron chi connectivity index (χ1n) is 15.5. The zero-order chi connectivity index (χ0) is 35.9. The molecule has 3 rings (SSSR count). The summed E-state index contributed by atoms with van der Waals surface area (Å²) in [5, 5.41) is 2.48. The number of carbonyl (C=O) groups is 4. The Balaban J connectivity index is 2.00. The summed E-state index contributed by atoms with van der Waals surface area (Å²) in [6.45, 7) is 8.33. The Hall–Kier alpha value is -4.88. The van der Waals surface area contributed by atoms with Gasteiger partial charge in [-0.05, 0) is 58.1 Å². The molecule has 1 aromatic carbocycles. The molecule has 2 heterocycles. The molecule has 0 radical (unpaired) electrons. The number of pyridine rings is 1. The Morgan fingerprint density at radius 1 is 1.15 bits per heavy atom. The maximum atomic E-state index is 15.0. The number of likely N-dealkylation sites (N-methyl/N-ethyl adjacent to an activating group) is 1. The molecule has 2 amide bonds. The van der Waals surface area contributed by atoms with E-state index in [9.17, 15) is 28.4 Å². The van der Waals surface area contributed by atoms with E-state index in [0.29, 0.717) is 0 Å². The summed E-state index contributed by atoms with van der Waals surface area (Å²) in [6.07, 6.45) is 2.85. The molecule has 48 heavy (non-hydrogen) atoms. The summed E-state index contributed by atoms with van der Waals surface area (Å²) in [4.78, 5) is 70.1. The van der Waals surface area contributed by atoms with Crippen LogP contribution in [0.3, 0.4) is 0 Å². The van der Waals surface area contributed by atoms with Crippen molar-refractivity contribution in [3.8, 4) is 0 Å². The number of amides is 2. The molecule has 260 valence electrons. The van der Waals surface area contributed by atoms with E-state index in [1.807, 2.05) is 13.8 Å². The van der Waals surface area contributed by atoms with Gasteiger partial charge in [0.2, 0.25) is 5.91 Å². The first-order valence-corrected chi connectivity index (χ1v) is 15.5. The average molecular weight is 672 g/mol. The highest BCUT2D eigenvalue weighted by Crippen LogP contribution is 2.28. The zero-order valence-corrected chi connectivity index (χ0v) is 28.6. The molecule has 2 aromatic heterocycles. The van der Waals surface area contributed by atoms with Gasteiger partial charge in [0.25, 0.3) is 5.56 Å². The van der Waals surface area contributed by atoms with Crippen LogP contribution in [0.1, 0.15) is 64.4 Å². The molecule has 0 bridgehead atoms. The quantitative estimate of drug-likeness (QED) is 0.272. The van der Waals surface area contributed by atoms with E-state index in [4.69, 9.17) is 4.74 Å². The first-order chi connectivity index (χ1) is 22.4. The highest BCUT2D eigenvalue weighted by atomic mass is 19.2. The summed E-state index contributed by atoms with van der Waals surface area (Å²) in [6, 6.07) is 2.86. The van der Waals surface area contributed by atoms with Gasteiger partial charge in [-0.1, -0.05) is 26.0 Å². The fourth-order valence-corrected chi connectivity index (χ4v) is 4.90. The Bertz CT molecular complexity index is 1770. The van der Waals surface area contributed by atoms with Crippen LogP contribution in [0.25, 0.3) is 11.0 Å². The Morgan fingerprint density at radius 3 is 2.44 bits per heavy atom. The number of rotatable bonds is 12. The van der Waals surface area contributed by atoms with Crippen molar-refractivity contribution in [3.63, 3.8) is 0 Å². The lowest BCUT2D eigenvalue weighted by Gasteiger charge is -2.20. The van der Waals surface area contributed by atoms with Crippen molar-refractivity contribution < 1.29 is 37.4 Å². The fraction of sp³-hybridized carbons (Fsp3) is 0.471. The number of methoxy groups -OCH3 is 1. The lowest BCUT2D eigenvalue weighted by molar-refractivity contribution is -0.123. The molecule has 14 heteroatoms. The number of allylic oxidation sites excluding steroid dienone is 1. The zero-order valence-electron chi connectivity index (χ0n) is 28.6. The SMILES string of the molecule is COC(=O)N[C@@H](CC/C=C/C(=O)N(C)C)C(=O)Cc1cccn(Cc2nc3c(CC(C)C)c(F)c(F)cc3n2C(=O)OC(C)(C)C)c1=O. The van der Waals surface area contributed by atoms with Crippen molar-refractivity contribution in [2.24, 2.45) is 5.92 Å². The van der Waals surface area contributed by atoms with Crippen molar-refractivity contribution in [1.29, 1.82) is 0 Å². The molecule has 1 N–H and O–H groups in total. The molecule has 1 atom stereocenters. The largest absolute Gasteiger partial charge is 0.453 e. The number of hydrogen-bond donors (Lipinski definition) is 1. The number of ether oxygens (including phenoxy) is 2. The molecule has 12 nitrogen and oxygen atoms in total. The van der Waals surface area contributed by atoms with Crippen molar-refractivity contribution in [1.82, 2.24) is 24.3 Å². The van der Waals surface area contributed by atoms with Gasteiger partial charge in [-0.25, -0.2) is 27.9 Å². The van der Waals surface area contributed by atoms with Gasteiger partial charge in [0.15, 0.2) is 17.4 Å². The normalized spacial score (nSPS) is 12.4. The highest BCUT2D eigenvalue weighted by Gasteiger charge is 2.28. The summed E-state index contributed by atoms with van der Waals surface area (Å²) < 4.78 is 42.3. The number of ketones is 1. The minimum Gasteiger partial charge on any atom is -0.453 e. The first kappa shape index (κ1) is 37.6. The average Bonchev–Trinajstić information content (AvgIpc) is 3.34. The Kier molecular flexibility index (Phi) is 12.4. The summed E-state index contributed by atoms with van der Waals surface area (Å²) >= 11 is 0. The monoisotopic (exact) mass is 671 g/mol. The second kappa shape index (κ2) is 15.8. The van der Waals surface area contributed by atoms with Crippen molar-refractivity contribution in [2.45, 2.75) is 78.5 Å². The van der Waals surface area contributed by atoms with Crippen LogP contribution >= 0.6 is 0 Å². The van der Waals surface area contributed by atoms with Crippen LogP contribution in [-0.2, 0) is 38.4 Å². The van der Waals surface area contributed by atoms with Crippen LogP contribution in [0.2, 0.25) is 0 Å². The van der Waals surface area contributed by atoms with Crippen LogP contribution in [0.15, 0.2) is 41.3 Å². The molecular formula is C34H43F2N5O7. The number of nitrogens with zero attached hydrogens (tertiary/aromatic N) is 4. The van der Waals surface area contributed by atoms with Gasteiger partial charge in [-0.3, -0.25) is 14.4 Å². The molecule has 0 saturated carbocycles. The van der Waals surface area contributed by atoms with E-state index < -0.39 is 46.8 Å². The molecule has 0 aliphatic heterocycles. The van der Waals surface area contributed by atoms with Crippen LogP contribution in [0.5, 0.6) is 0 Å². The van der Waals surface area contributed by atoms with E-state index in [1.54, 1.807) is 40.9 Å². The molecular weight excluding hydrogens is 628 g/mol.